The Morgan fingerprint density at radius 1 is 0.600 bits per heavy atom. The summed E-state index contributed by atoms with van der Waals surface area (Å²) in [5, 5.41) is 11.2. The van der Waals surface area contributed by atoms with Gasteiger partial charge in [-0.25, -0.2) is 0 Å². The van der Waals surface area contributed by atoms with Crippen LogP contribution >= 0.6 is 0 Å². The molecule has 0 radical (unpaired) electrons. The Morgan fingerprint density at radius 2 is 1.00 bits per heavy atom. The van der Waals surface area contributed by atoms with Crippen LogP contribution < -0.4 is 0 Å². The highest BCUT2D eigenvalue weighted by atomic mass is 16.3. The summed E-state index contributed by atoms with van der Waals surface area (Å²) in [6, 6.07) is 31.5. The molecule has 0 spiro atoms. The molecule has 0 aliphatic heterocycles. The molecule has 1 aliphatic carbocycles. The molecular formula is C24H24O. The number of aliphatic hydroxyl groups is 1. The molecule has 1 heteroatoms. The number of rotatable bonds is 5. The molecule has 25 heavy (non-hydrogen) atoms. The van der Waals surface area contributed by atoms with Crippen LogP contribution in [0.15, 0.2) is 91.0 Å². The van der Waals surface area contributed by atoms with Gasteiger partial charge < -0.3 is 5.11 Å². The highest BCUT2D eigenvalue weighted by Crippen LogP contribution is 2.57. The van der Waals surface area contributed by atoms with Gasteiger partial charge in [-0.3, -0.25) is 0 Å². The van der Waals surface area contributed by atoms with Crippen molar-refractivity contribution < 1.29 is 5.11 Å². The van der Waals surface area contributed by atoms with Gasteiger partial charge in [-0.2, -0.15) is 0 Å². The molecule has 0 saturated heterocycles. The molecule has 1 nitrogen and oxygen atoms in total. The van der Waals surface area contributed by atoms with E-state index in [1.54, 1.807) is 0 Å². The molecule has 0 unspecified atom stereocenters. The van der Waals surface area contributed by atoms with Crippen LogP contribution in [0.1, 0.15) is 29.5 Å². The Hall–Kier alpha value is -2.38. The molecule has 126 valence electrons. The smallest absolute Gasteiger partial charge is 0.0907 e. The predicted molar refractivity (Wildman–Crippen MR) is 102 cm³/mol. The third-order valence-corrected chi connectivity index (χ3v) is 5.49. The van der Waals surface area contributed by atoms with Gasteiger partial charge in [0.25, 0.3) is 0 Å². The van der Waals surface area contributed by atoms with E-state index < -0.39 is 5.60 Å². The normalized spacial score (nSPS) is 17.6. The summed E-state index contributed by atoms with van der Waals surface area (Å²) in [7, 11) is 0. The Kier molecular flexibility index (Phi) is 4.19. The molecular weight excluding hydrogens is 304 g/mol. The average Bonchev–Trinajstić information content (AvgIpc) is 2.63. The van der Waals surface area contributed by atoms with Crippen LogP contribution in [0.2, 0.25) is 0 Å². The molecule has 1 saturated carbocycles. The monoisotopic (exact) mass is 328 g/mol. The van der Waals surface area contributed by atoms with Gasteiger partial charge in [0.05, 0.1) is 5.60 Å². The van der Waals surface area contributed by atoms with Crippen molar-refractivity contribution >= 4 is 0 Å². The average molecular weight is 328 g/mol. The molecule has 0 amide bonds. The minimum Gasteiger partial charge on any atom is -0.385 e. The summed E-state index contributed by atoms with van der Waals surface area (Å²) < 4.78 is 0. The highest BCUT2D eigenvalue weighted by Gasteiger charge is 2.54. The van der Waals surface area contributed by atoms with Gasteiger partial charge in [-0.05, 0) is 47.8 Å². The minimum absolute atomic E-state index is 0.118. The fourth-order valence-electron chi connectivity index (χ4n) is 4.51. The summed E-state index contributed by atoms with van der Waals surface area (Å²) in [6.45, 7) is 0. The first-order valence-corrected chi connectivity index (χ1v) is 9.03. The van der Waals surface area contributed by atoms with Crippen molar-refractivity contribution in [3.63, 3.8) is 0 Å². The lowest BCUT2D eigenvalue weighted by atomic mass is 9.53. The molecule has 0 atom stereocenters. The van der Waals surface area contributed by atoms with Crippen LogP contribution in [0.3, 0.4) is 0 Å². The largest absolute Gasteiger partial charge is 0.385 e. The highest BCUT2D eigenvalue weighted by molar-refractivity contribution is 5.31. The van der Waals surface area contributed by atoms with Gasteiger partial charge in [0.1, 0.15) is 0 Å². The van der Waals surface area contributed by atoms with Gasteiger partial charge in [-0.1, -0.05) is 91.0 Å². The van der Waals surface area contributed by atoms with Gasteiger partial charge in [0.2, 0.25) is 0 Å². The summed E-state index contributed by atoms with van der Waals surface area (Å²) >= 11 is 0. The van der Waals surface area contributed by atoms with Crippen LogP contribution in [-0.2, 0) is 18.4 Å². The van der Waals surface area contributed by atoms with Crippen LogP contribution in [0.25, 0.3) is 0 Å². The lowest BCUT2D eigenvalue weighted by molar-refractivity contribution is -0.135. The van der Waals surface area contributed by atoms with Crippen molar-refractivity contribution in [2.75, 3.05) is 0 Å². The third-order valence-electron chi connectivity index (χ3n) is 5.49. The zero-order valence-electron chi connectivity index (χ0n) is 14.4. The van der Waals surface area contributed by atoms with Crippen molar-refractivity contribution in [2.45, 2.75) is 31.3 Å². The molecule has 4 rings (SSSR count). The van der Waals surface area contributed by atoms with E-state index in [1.165, 1.54) is 11.1 Å². The van der Waals surface area contributed by atoms with Gasteiger partial charge in [-0.15, -0.1) is 0 Å². The second-order valence-electron chi connectivity index (χ2n) is 7.58. The fraction of sp³-hybridized carbons (Fsp3) is 0.250. The maximum absolute atomic E-state index is 11.2. The first-order valence-electron chi connectivity index (χ1n) is 9.03. The first-order chi connectivity index (χ1) is 12.2. The second kappa shape index (κ2) is 6.50. The third kappa shape index (κ3) is 3.38. The fourth-order valence-corrected chi connectivity index (χ4v) is 4.51. The molecule has 1 fully saturated rings. The number of hydrogen-bond donors (Lipinski definition) is 1. The van der Waals surface area contributed by atoms with E-state index in [-0.39, 0.29) is 5.41 Å². The van der Waals surface area contributed by atoms with E-state index >= 15 is 0 Å². The molecule has 0 aromatic heterocycles. The SMILES string of the molecule is OC1(c2ccccc2)CC(Cc2ccccc2)(Cc2ccccc2)C1. The summed E-state index contributed by atoms with van der Waals surface area (Å²) in [6.07, 6.45) is 3.65. The van der Waals surface area contributed by atoms with E-state index in [9.17, 15) is 5.11 Å². The topological polar surface area (TPSA) is 20.2 Å². The quantitative estimate of drug-likeness (QED) is 0.687. The Balaban J connectivity index is 1.60. The van der Waals surface area contributed by atoms with E-state index in [0.717, 1.165) is 31.2 Å². The number of benzene rings is 3. The molecule has 0 bridgehead atoms. The van der Waals surface area contributed by atoms with E-state index in [4.69, 9.17) is 0 Å². The second-order valence-corrected chi connectivity index (χ2v) is 7.58. The van der Waals surface area contributed by atoms with Crippen LogP contribution in [-0.4, -0.2) is 5.11 Å². The molecule has 1 aliphatic rings. The van der Waals surface area contributed by atoms with Crippen LogP contribution in [0.4, 0.5) is 0 Å². The van der Waals surface area contributed by atoms with Crippen LogP contribution in [0, 0.1) is 5.41 Å². The van der Waals surface area contributed by atoms with E-state index in [2.05, 4.69) is 72.8 Å². The molecule has 3 aromatic rings. The maximum atomic E-state index is 11.2. The van der Waals surface area contributed by atoms with Crippen molar-refractivity contribution in [3.05, 3.63) is 108 Å². The van der Waals surface area contributed by atoms with Gasteiger partial charge >= 0.3 is 0 Å². The van der Waals surface area contributed by atoms with Crippen molar-refractivity contribution in [3.8, 4) is 0 Å². The Bertz CT molecular complexity index is 759. The van der Waals surface area contributed by atoms with Gasteiger partial charge in [0.15, 0.2) is 0 Å². The first kappa shape index (κ1) is 16.1. The lowest BCUT2D eigenvalue weighted by Crippen LogP contribution is -2.52. The van der Waals surface area contributed by atoms with E-state index in [1.807, 2.05) is 18.2 Å². The summed E-state index contributed by atoms with van der Waals surface area (Å²) in [5.74, 6) is 0. The maximum Gasteiger partial charge on any atom is 0.0907 e. The zero-order chi connectivity index (χ0) is 17.2. The standard InChI is InChI=1S/C24H24O/c25-24(22-14-8-3-9-15-22)18-23(19-24,16-20-10-4-1-5-11-20)17-21-12-6-2-7-13-21/h1-15,25H,16-19H2. The molecule has 3 aromatic carbocycles. The van der Waals surface area contributed by atoms with Crippen molar-refractivity contribution in [2.24, 2.45) is 5.41 Å². The van der Waals surface area contributed by atoms with Crippen molar-refractivity contribution in [1.82, 2.24) is 0 Å². The van der Waals surface area contributed by atoms with E-state index in [0.29, 0.717) is 0 Å². The Labute approximate surface area is 150 Å². The molecule has 0 heterocycles. The predicted octanol–water partition coefficient (Wildman–Crippen LogP) is 5.14. The Morgan fingerprint density at radius 3 is 1.44 bits per heavy atom. The summed E-state index contributed by atoms with van der Waals surface area (Å²) in [5.41, 5.74) is 3.19. The molecule has 1 N–H and O–H groups in total. The lowest BCUT2D eigenvalue weighted by Gasteiger charge is -2.54. The number of hydrogen-bond acceptors (Lipinski definition) is 1. The minimum atomic E-state index is -0.690. The van der Waals surface area contributed by atoms with Crippen molar-refractivity contribution in [1.29, 1.82) is 0 Å². The zero-order valence-corrected chi connectivity index (χ0v) is 14.4. The summed E-state index contributed by atoms with van der Waals surface area (Å²) in [4.78, 5) is 0. The van der Waals surface area contributed by atoms with Gasteiger partial charge in [0, 0.05) is 0 Å². The van der Waals surface area contributed by atoms with Crippen LogP contribution in [0.5, 0.6) is 0 Å².